The Bertz CT molecular complexity index is 491. The zero-order chi connectivity index (χ0) is 14.7. The average molecular weight is 283 g/mol. The van der Waals surface area contributed by atoms with Gasteiger partial charge in [0.2, 0.25) is 0 Å². The molecule has 1 aliphatic carbocycles. The van der Waals surface area contributed by atoms with Crippen LogP contribution in [0.1, 0.15) is 31.2 Å². The first-order chi connectivity index (χ1) is 10.2. The topological polar surface area (TPSA) is 39.1 Å². The molecule has 0 amide bonds. The number of hydrogen-bond donors (Lipinski definition) is 1. The number of nitriles is 1. The summed E-state index contributed by atoms with van der Waals surface area (Å²) in [5, 5.41) is 13.3. The summed E-state index contributed by atoms with van der Waals surface area (Å²) in [6.07, 6.45) is 4.52. The predicted molar refractivity (Wildman–Crippen MR) is 85.0 cm³/mol. The maximum absolute atomic E-state index is 9.57. The quantitative estimate of drug-likeness (QED) is 0.923. The highest BCUT2D eigenvalue weighted by Crippen LogP contribution is 2.43. The van der Waals surface area contributed by atoms with Crippen LogP contribution in [0.25, 0.3) is 0 Å². The highest BCUT2D eigenvalue weighted by Gasteiger charge is 2.45. The van der Waals surface area contributed by atoms with Gasteiger partial charge in [-0.25, -0.2) is 0 Å². The van der Waals surface area contributed by atoms with E-state index in [-0.39, 0.29) is 5.41 Å². The van der Waals surface area contributed by atoms with Crippen LogP contribution in [-0.4, -0.2) is 37.6 Å². The van der Waals surface area contributed by atoms with E-state index in [0.29, 0.717) is 6.04 Å². The second kappa shape index (κ2) is 6.17. The van der Waals surface area contributed by atoms with Gasteiger partial charge in [0.15, 0.2) is 0 Å². The molecule has 0 radical (unpaired) electrons. The van der Waals surface area contributed by atoms with Crippen LogP contribution in [0.4, 0.5) is 0 Å². The van der Waals surface area contributed by atoms with Gasteiger partial charge in [-0.1, -0.05) is 30.3 Å². The van der Waals surface area contributed by atoms with Crippen molar-refractivity contribution in [2.24, 2.45) is 5.92 Å². The molecule has 3 nitrogen and oxygen atoms in total. The standard InChI is InChI=1S/C18H25N3/c1-21-9-7-15(8-10-21)13-20-17-11-18(12-17,14-19)16-5-3-2-4-6-16/h2-6,15,17,20H,7-13H2,1H3. The van der Waals surface area contributed by atoms with E-state index in [1.807, 2.05) is 18.2 Å². The summed E-state index contributed by atoms with van der Waals surface area (Å²) in [5.41, 5.74) is 0.941. The largest absolute Gasteiger partial charge is 0.314 e. The van der Waals surface area contributed by atoms with Crippen molar-refractivity contribution in [1.29, 1.82) is 5.26 Å². The Kier molecular flexibility index (Phi) is 4.28. The van der Waals surface area contributed by atoms with Gasteiger partial charge in [0.25, 0.3) is 0 Å². The number of piperidine rings is 1. The molecule has 1 aliphatic heterocycles. The third kappa shape index (κ3) is 3.12. The minimum absolute atomic E-state index is 0.244. The van der Waals surface area contributed by atoms with Crippen molar-refractivity contribution in [1.82, 2.24) is 10.2 Å². The third-order valence-electron chi connectivity index (χ3n) is 5.26. The molecule has 0 atom stereocenters. The third-order valence-corrected chi connectivity index (χ3v) is 5.26. The number of nitrogens with one attached hydrogen (secondary N) is 1. The van der Waals surface area contributed by atoms with Crippen LogP contribution >= 0.6 is 0 Å². The van der Waals surface area contributed by atoms with Gasteiger partial charge < -0.3 is 10.2 Å². The minimum atomic E-state index is -0.244. The molecule has 1 N–H and O–H groups in total. The molecule has 0 bridgehead atoms. The number of benzene rings is 1. The van der Waals surface area contributed by atoms with E-state index in [9.17, 15) is 5.26 Å². The number of hydrogen-bond acceptors (Lipinski definition) is 3. The summed E-state index contributed by atoms with van der Waals surface area (Å²) in [4.78, 5) is 2.41. The predicted octanol–water partition coefficient (Wildman–Crippen LogP) is 2.54. The van der Waals surface area contributed by atoms with Gasteiger partial charge in [-0.2, -0.15) is 5.26 Å². The molecule has 1 aromatic carbocycles. The lowest BCUT2D eigenvalue weighted by Crippen LogP contribution is -2.52. The summed E-state index contributed by atoms with van der Waals surface area (Å²) in [6.45, 7) is 3.57. The van der Waals surface area contributed by atoms with Crippen molar-refractivity contribution in [2.75, 3.05) is 26.7 Å². The van der Waals surface area contributed by atoms with Crippen molar-refractivity contribution in [2.45, 2.75) is 37.1 Å². The fourth-order valence-corrected chi connectivity index (χ4v) is 3.67. The summed E-state index contributed by atoms with van der Waals surface area (Å²) in [5.74, 6) is 0.815. The van der Waals surface area contributed by atoms with E-state index in [0.717, 1.165) is 25.3 Å². The van der Waals surface area contributed by atoms with Crippen LogP contribution in [-0.2, 0) is 5.41 Å². The van der Waals surface area contributed by atoms with E-state index in [4.69, 9.17) is 0 Å². The van der Waals surface area contributed by atoms with Crippen LogP contribution in [0.3, 0.4) is 0 Å². The Labute approximate surface area is 128 Å². The molecule has 112 valence electrons. The van der Waals surface area contributed by atoms with Gasteiger partial charge in [0.1, 0.15) is 0 Å². The Hall–Kier alpha value is -1.37. The van der Waals surface area contributed by atoms with E-state index < -0.39 is 0 Å². The number of nitrogens with zero attached hydrogens (tertiary/aromatic N) is 2. The molecule has 1 heterocycles. The maximum atomic E-state index is 9.57. The minimum Gasteiger partial charge on any atom is -0.314 e. The van der Waals surface area contributed by atoms with E-state index in [1.54, 1.807) is 0 Å². The Morgan fingerprint density at radius 3 is 2.52 bits per heavy atom. The summed E-state index contributed by atoms with van der Waals surface area (Å²) in [6, 6.07) is 13.4. The van der Waals surface area contributed by atoms with E-state index >= 15 is 0 Å². The lowest BCUT2D eigenvalue weighted by atomic mass is 9.62. The molecule has 21 heavy (non-hydrogen) atoms. The summed E-state index contributed by atoms with van der Waals surface area (Å²) >= 11 is 0. The van der Waals surface area contributed by atoms with Crippen LogP contribution in [0, 0.1) is 17.2 Å². The van der Waals surface area contributed by atoms with Crippen molar-refractivity contribution < 1.29 is 0 Å². The second-order valence-electron chi connectivity index (χ2n) is 6.82. The van der Waals surface area contributed by atoms with Crippen LogP contribution < -0.4 is 5.32 Å². The van der Waals surface area contributed by atoms with E-state index in [1.165, 1.54) is 31.5 Å². The molecule has 1 saturated carbocycles. The van der Waals surface area contributed by atoms with Crippen molar-refractivity contribution in [3.63, 3.8) is 0 Å². The van der Waals surface area contributed by atoms with E-state index in [2.05, 4.69) is 35.5 Å². The van der Waals surface area contributed by atoms with Gasteiger partial charge >= 0.3 is 0 Å². The average Bonchev–Trinajstić information content (AvgIpc) is 2.49. The van der Waals surface area contributed by atoms with Gasteiger partial charge in [-0.05, 0) is 63.8 Å². The first kappa shape index (κ1) is 14.6. The molecule has 0 aromatic heterocycles. The van der Waals surface area contributed by atoms with Gasteiger partial charge in [-0.15, -0.1) is 0 Å². The van der Waals surface area contributed by atoms with Gasteiger partial charge in [0, 0.05) is 6.04 Å². The monoisotopic (exact) mass is 283 g/mol. The normalized spacial score (nSPS) is 30.6. The van der Waals surface area contributed by atoms with Crippen molar-refractivity contribution in [3.05, 3.63) is 35.9 Å². The SMILES string of the molecule is CN1CCC(CNC2CC(C#N)(c3ccccc3)C2)CC1. The summed E-state index contributed by atoms with van der Waals surface area (Å²) in [7, 11) is 2.21. The van der Waals surface area contributed by atoms with Gasteiger partial charge in [-0.3, -0.25) is 0 Å². The van der Waals surface area contributed by atoms with Crippen LogP contribution in [0.15, 0.2) is 30.3 Å². The molecule has 1 saturated heterocycles. The first-order valence-electron chi connectivity index (χ1n) is 8.10. The van der Waals surface area contributed by atoms with Crippen molar-refractivity contribution >= 4 is 0 Å². The fourth-order valence-electron chi connectivity index (χ4n) is 3.67. The number of rotatable bonds is 4. The summed E-state index contributed by atoms with van der Waals surface area (Å²) < 4.78 is 0. The molecule has 2 fully saturated rings. The second-order valence-corrected chi connectivity index (χ2v) is 6.82. The van der Waals surface area contributed by atoms with Gasteiger partial charge in [0.05, 0.1) is 11.5 Å². The Morgan fingerprint density at radius 1 is 1.24 bits per heavy atom. The Balaban J connectivity index is 1.48. The highest BCUT2D eigenvalue weighted by atomic mass is 15.1. The highest BCUT2D eigenvalue weighted by molar-refractivity contribution is 5.36. The zero-order valence-electron chi connectivity index (χ0n) is 12.9. The first-order valence-corrected chi connectivity index (χ1v) is 8.10. The van der Waals surface area contributed by atoms with Crippen LogP contribution in [0.2, 0.25) is 0 Å². The lowest BCUT2D eigenvalue weighted by Gasteiger charge is -2.44. The molecule has 3 heteroatoms. The molecular weight excluding hydrogens is 258 g/mol. The maximum Gasteiger partial charge on any atom is 0.0852 e. The smallest absolute Gasteiger partial charge is 0.0852 e. The molecular formula is C18H25N3. The molecule has 1 aromatic rings. The van der Waals surface area contributed by atoms with Crippen LogP contribution in [0.5, 0.6) is 0 Å². The Morgan fingerprint density at radius 2 is 1.90 bits per heavy atom. The van der Waals surface area contributed by atoms with Crippen molar-refractivity contribution in [3.8, 4) is 6.07 Å². The molecule has 2 aliphatic rings. The fraction of sp³-hybridized carbons (Fsp3) is 0.611. The lowest BCUT2D eigenvalue weighted by molar-refractivity contribution is 0.183. The molecule has 0 unspecified atom stereocenters. The zero-order valence-corrected chi connectivity index (χ0v) is 12.9. The number of likely N-dealkylation sites (tertiary alicyclic amines) is 1. The molecule has 3 rings (SSSR count). The molecule has 0 spiro atoms.